The molecule has 1 saturated heterocycles. The summed E-state index contributed by atoms with van der Waals surface area (Å²) in [6.07, 6.45) is 0.915. The zero-order valence-electron chi connectivity index (χ0n) is 11.4. The second kappa shape index (κ2) is 6.61. The van der Waals surface area contributed by atoms with Crippen LogP contribution in [0.5, 0.6) is 0 Å². The van der Waals surface area contributed by atoms with Crippen molar-refractivity contribution in [2.75, 3.05) is 13.1 Å². The maximum absolute atomic E-state index is 12.4. The third-order valence-corrected chi connectivity index (χ3v) is 4.96. The summed E-state index contributed by atoms with van der Waals surface area (Å²) >= 11 is 5.79. The molecule has 1 aromatic carbocycles. The zero-order chi connectivity index (χ0) is 16.3. The lowest BCUT2D eigenvalue weighted by Gasteiger charge is -2.27. The lowest BCUT2D eigenvalue weighted by molar-refractivity contribution is 0.0753. The van der Waals surface area contributed by atoms with Crippen LogP contribution in [-0.2, 0) is 10.0 Å². The predicted molar refractivity (Wildman–Crippen MR) is 77.9 cm³/mol. The van der Waals surface area contributed by atoms with Crippen molar-refractivity contribution >= 4 is 33.2 Å². The van der Waals surface area contributed by atoms with Crippen LogP contribution in [0, 0.1) is 0 Å². The molecule has 0 saturated carbocycles. The molecule has 0 unspecified atom stereocenters. The molecule has 0 spiro atoms. The molecule has 0 aromatic heterocycles. The SMILES string of the molecule is O=C(c1ccc(Cl)c(S(=O)(=O)NO)c1)N1CCC(=NO)CC1. The van der Waals surface area contributed by atoms with Gasteiger partial charge in [-0.1, -0.05) is 21.6 Å². The molecular formula is C12H14ClN3O5S. The number of benzene rings is 1. The van der Waals surface area contributed by atoms with Gasteiger partial charge < -0.3 is 15.3 Å². The second-order valence-electron chi connectivity index (χ2n) is 4.70. The van der Waals surface area contributed by atoms with E-state index in [0.29, 0.717) is 31.6 Å². The number of nitrogens with one attached hydrogen (secondary N) is 1. The summed E-state index contributed by atoms with van der Waals surface area (Å²) in [5, 5.41) is 20.4. The van der Waals surface area contributed by atoms with Crippen molar-refractivity contribution in [1.29, 1.82) is 0 Å². The fourth-order valence-electron chi connectivity index (χ4n) is 2.14. The lowest BCUT2D eigenvalue weighted by Crippen LogP contribution is -2.38. The predicted octanol–water partition coefficient (Wildman–Crippen LogP) is 1.07. The first-order valence-corrected chi connectivity index (χ1v) is 8.19. The van der Waals surface area contributed by atoms with E-state index in [0.717, 1.165) is 6.07 Å². The third-order valence-electron chi connectivity index (χ3n) is 3.36. The molecule has 8 nitrogen and oxygen atoms in total. The number of halogens is 1. The van der Waals surface area contributed by atoms with Crippen LogP contribution in [0.2, 0.25) is 5.02 Å². The van der Waals surface area contributed by atoms with Crippen LogP contribution in [0.15, 0.2) is 28.3 Å². The van der Waals surface area contributed by atoms with Gasteiger partial charge in [0, 0.05) is 31.5 Å². The summed E-state index contributed by atoms with van der Waals surface area (Å²) in [5.41, 5.74) is 0.760. The number of rotatable bonds is 3. The molecule has 1 amide bonds. The molecule has 1 aromatic rings. The van der Waals surface area contributed by atoms with Crippen LogP contribution >= 0.6 is 11.6 Å². The number of hydrogen-bond donors (Lipinski definition) is 3. The van der Waals surface area contributed by atoms with Gasteiger partial charge in [0.1, 0.15) is 4.90 Å². The molecule has 0 atom stereocenters. The average molecular weight is 348 g/mol. The van der Waals surface area contributed by atoms with Crippen molar-refractivity contribution in [3.63, 3.8) is 0 Å². The molecule has 0 radical (unpaired) electrons. The van der Waals surface area contributed by atoms with Gasteiger partial charge in [-0.25, -0.2) is 8.42 Å². The van der Waals surface area contributed by atoms with Crippen LogP contribution in [0.1, 0.15) is 23.2 Å². The Morgan fingerprint density at radius 1 is 1.32 bits per heavy atom. The Hall–Kier alpha value is -1.68. The van der Waals surface area contributed by atoms with E-state index in [1.807, 2.05) is 0 Å². The van der Waals surface area contributed by atoms with Gasteiger partial charge in [0.2, 0.25) is 0 Å². The van der Waals surface area contributed by atoms with Gasteiger partial charge in [-0.3, -0.25) is 4.79 Å². The number of nitrogens with zero attached hydrogens (tertiary/aromatic N) is 2. The number of oxime groups is 1. The molecule has 1 heterocycles. The van der Waals surface area contributed by atoms with E-state index in [1.54, 1.807) is 0 Å². The Balaban J connectivity index is 2.26. The molecule has 1 fully saturated rings. The highest BCUT2D eigenvalue weighted by atomic mass is 35.5. The molecule has 120 valence electrons. The summed E-state index contributed by atoms with van der Waals surface area (Å²) in [6.45, 7) is 0.752. The summed E-state index contributed by atoms with van der Waals surface area (Å²) in [6, 6.07) is 3.80. The first kappa shape index (κ1) is 16.7. The number of piperidine rings is 1. The fourth-order valence-corrected chi connectivity index (χ4v) is 3.27. The monoisotopic (exact) mass is 347 g/mol. The first-order valence-electron chi connectivity index (χ1n) is 6.33. The van der Waals surface area contributed by atoms with E-state index in [9.17, 15) is 13.2 Å². The van der Waals surface area contributed by atoms with Crippen LogP contribution in [0.3, 0.4) is 0 Å². The number of hydrogen-bond acceptors (Lipinski definition) is 6. The molecule has 0 aliphatic carbocycles. The Morgan fingerprint density at radius 2 is 1.95 bits per heavy atom. The number of carbonyl (C=O) groups excluding carboxylic acids is 1. The van der Waals surface area contributed by atoms with Gasteiger partial charge in [-0.05, 0) is 18.2 Å². The maximum Gasteiger partial charge on any atom is 0.263 e. The minimum absolute atomic E-state index is 0.105. The van der Waals surface area contributed by atoms with Crippen molar-refractivity contribution in [2.24, 2.45) is 5.16 Å². The third kappa shape index (κ3) is 3.38. The van der Waals surface area contributed by atoms with Crippen molar-refractivity contribution in [1.82, 2.24) is 9.79 Å². The number of likely N-dealkylation sites (tertiary alicyclic amines) is 1. The van der Waals surface area contributed by atoms with Crippen LogP contribution < -0.4 is 4.89 Å². The van der Waals surface area contributed by atoms with E-state index in [4.69, 9.17) is 22.0 Å². The standard InChI is InChI=1S/C12H14ClN3O5S/c13-10-2-1-8(7-11(10)22(20,21)15-19)12(17)16-5-3-9(14-18)4-6-16/h1-2,7,15,18-19H,3-6H2. The quantitative estimate of drug-likeness (QED) is 0.558. The highest BCUT2D eigenvalue weighted by molar-refractivity contribution is 7.89. The number of sulfonamides is 1. The van der Waals surface area contributed by atoms with Gasteiger partial charge in [0.25, 0.3) is 15.9 Å². The summed E-state index contributed by atoms with van der Waals surface area (Å²) < 4.78 is 23.3. The summed E-state index contributed by atoms with van der Waals surface area (Å²) in [4.78, 5) is 14.7. The van der Waals surface area contributed by atoms with E-state index < -0.39 is 10.0 Å². The van der Waals surface area contributed by atoms with Gasteiger partial charge in [0.05, 0.1) is 10.7 Å². The van der Waals surface area contributed by atoms with Crippen molar-refractivity contribution < 1.29 is 23.6 Å². The first-order chi connectivity index (χ1) is 10.4. The number of carbonyl (C=O) groups is 1. The minimum Gasteiger partial charge on any atom is -0.411 e. The fraction of sp³-hybridized carbons (Fsp3) is 0.333. The van der Waals surface area contributed by atoms with E-state index in [1.165, 1.54) is 21.9 Å². The largest absolute Gasteiger partial charge is 0.411 e. The topological polar surface area (TPSA) is 119 Å². The second-order valence-corrected chi connectivity index (χ2v) is 6.73. The highest BCUT2D eigenvalue weighted by Gasteiger charge is 2.24. The molecule has 3 N–H and O–H groups in total. The van der Waals surface area contributed by atoms with E-state index >= 15 is 0 Å². The molecule has 2 rings (SSSR count). The van der Waals surface area contributed by atoms with Gasteiger partial charge in [0.15, 0.2) is 0 Å². The summed E-state index contributed by atoms with van der Waals surface area (Å²) in [7, 11) is -4.18. The Bertz CT molecular complexity index is 709. The Kier molecular flexibility index (Phi) is 5.01. The Morgan fingerprint density at radius 3 is 2.50 bits per heavy atom. The molecule has 10 heteroatoms. The van der Waals surface area contributed by atoms with Crippen LogP contribution in [0.25, 0.3) is 0 Å². The molecule has 1 aliphatic heterocycles. The average Bonchev–Trinajstić information content (AvgIpc) is 2.54. The molecular weight excluding hydrogens is 334 g/mol. The van der Waals surface area contributed by atoms with E-state index in [2.05, 4.69) is 5.16 Å². The molecule has 0 bridgehead atoms. The minimum atomic E-state index is -4.18. The number of amides is 1. The Labute approximate surface area is 132 Å². The summed E-state index contributed by atoms with van der Waals surface area (Å²) in [5.74, 6) is -0.358. The maximum atomic E-state index is 12.4. The normalized spacial score (nSPS) is 15.7. The zero-order valence-corrected chi connectivity index (χ0v) is 12.9. The lowest BCUT2D eigenvalue weighted by atomic mass is 10.1. The van der Waals surface area contributed by atoms with Crippen molar-refractivity contribution in [3.05, 3.63) is 28.8 Å². The van der Waals surface area contributed by atoms with Gasteiger partial charge in [-0.2, -0.15) is 0 Å². The smallest absolute Gasteiger partial charge is 0.263 e. The van der Waals surface area contributed by atoms with Gasteiger partial charge in [-0.15, -0.1) is 0 Å². The highest BCUT2D eigenvalue weighted by Crippen LogP contribution is 2.23. The van der Waals surface area contributed by atoms with Crippen LogP contribution in [-0.4, -0.2) is 48.4 Å². The molecule has 22 heavy (non-hydrogen) atoms. The van der Waals surface area contributed by atoms with Crippen LogP contribution in [0.4, 0.5) is 0 Å². The van der Waals surface area contributed by atoms with E-state index in [-0.39, 0.29) is 21.4 Å². The van der Waals surface area contributed by atoms with Crippen molar-refractivity contribution in [2.45, 2.75) is 17.7 Å². The van der Waals surface area contributed by atoms with Gasteiger partial charge >= 0.3 is 0 Å². The molecule has 1 aliphatic rings. The van der Waals surface area contributed by atoms with Crippen molar-refractivity contribution in [3.8, 4) is 0 Å².